The number of aromatic hydroxyl groups is 1. The van der Waals surface area contributed by atoms with Crippen LogP contribution in [-0.2, 0) is 6.54 Å². The molecule has 2 aromatic rings. The van der Waals surface area contributed by atoms with Crippen LogP contribution >= 0.6 is 0 Å². The molecule has 0 fully saturated rings. The molecule has 0 radical (unpaired) electrons. The van der Waals surface area contributed by atoms with Gasteiger partial charge in [0.05, 0.1) is 7.11 Å². The topological polar surface area (TPSA) is 53.5 Å². The van der Waals surface area contributed by atoms with E-state index in [1.54, 1.807) is 19.2 Å². The maximum atomic E-state index is 9.48. The van der Waals surface area contributed by atoms with E-state index >= 15 is 0 Å². The highest BCUT2D eigenvalue weighted by Crippen LogP contribution is 2.18. The quantitative estimate of drug-likeness (QED) is 0.541. The van der Waals surface area contributed by atoms with E-state index in [0.717, 1.165) is 24.4 Å². The first-order valence-corrected chi connectivity index (χ1v) is 7.06. The van der Waals surface area contributed by atoms with Crippen LogP contribution in [0.2, 0.25) is 0 Å². The minimum atomic E-state index is 0.311. The van der Waals surface area contributed by atoms with E-state index in [4.69, 9.17) is 4.74 Å². The lowest BCUT2D eigenvalue weighted by Crippen LogP contribution is -2.34. The van der Waals surface area contributed by atoms with Gasteiger partial charge in [0.25, 0.3) is 0 Å². The smallest absolute Gasteiger partial charge is 0.118 e. The molecule has 3 N–H and O–H groups in total. The molecule has 21 heavy (non-hydrogen) atoms. The lowest BCUT2D eigenvalue weighted by Gasteiger charge is -2.14. The SMILES string of the molecule is COc1ccc(CNNC[C@H](C)c2cccc(O)c2)cc1. The minimum Gasteiger partial charge on any atom is -0.508 e. The van der Waals surface area contributed by atoms with Gasteiger partial charge in [-0.25, -0.2) is 0 Å². The van der Waals surface area contributed by atoms with Crippen LogP contribution in [-0.4, -0.2) is 18.8 Å². The molecule has 0 amide bonds. The maximum Gasteiger partial charge on any atom is 0.118 e. The van der Waals surface area contributed by atoms with Crippen LogP contribution in [0, 0.1) is 0 Å². The van der Waals surface area contributed by atoms with Crippen LogP contribution in [0.1, 0.15) is 24.0 Å². The number of methoxy groups -OCH3 is 1. The first-order chi connectivity index (χ1) is 10.2. The molecule has 4 heteroatoms. The fourth-order valence-corrected chi connectivity index (χ4v) is 2.08. The summed E-state index contributed by atoms with van der Waals surface area (Å²) in [5, 5.41) is 9.48. The summed E-state index contributed by atoms with van der Waals surface area (Å²) in [5.41, 5.74) is 8.73. The molecule has 2 aromatic carbocycles. The van der Waals surface area contributed by atoms with Gasteiger partial charge in [0.15, 0.2) is 0 Å². The van der Waals surface area contributed by atoms with E-state index in [0.29, 0.717) is 11.7 Å². The second-order valence-electron chi connectivity index (χ2n) is 5.08. The van der Waals surface area contributed by atoms with E-state index in [9.17, 15) is 5.11 Å². The zero-order valence-corrected chi connectivity index (χ0v) is 12.5. The molecule has 0 aliphatic heterocycles. The number of hydrogen-bond donors (Lipinski definition) is 3. The third kappa shape index (κ3) is 4.77. The van der Waals surface area contributed by atoms with Crippen molar-refractivity contribution in [1.82, 2.24) is 10.9 Å². The molecule has 0 aromatic heterocycles. The Morgan fingerprint density at radius 3 is 2.52 bits per heavy atom. The lowest BCUT2D eigenvalue weighted by atomic mass is 10.0. The highest BCUT2D eigenvalue weighted by Gasteiger charge is 2.05. The molecule has 112 valence electrons. The van der Waals surface area contributed by atoms with Gasteiger partial charge in [-0.15, -0.1) is 0 Å². The highest BCUT2D eigenvalue weighted by atomic mass is 16.5. The Balaban J connectivity index is 1.73. The molecule has 0 aliphatic carbocycles. The first kappa shape index (κ1) is 15.4. The van der Waals surface area contributed by atoms with E-state index in [1.807, 2.05) is 36.4 Å². The van der Waals surface area contributed by atoms with Gasteiger partial charge >= 0.3 is 0 Å². The summed E-state index contributed by atoms with van der Waals surface area (Å²) in [6, 6.07) is 15.3. The Kier molecular flexibility index (Phi) is 5.60. The number of ether oxygens (including phenoxy) is 1. The van der Waals surface area contributed by atoms with Crippen molar-refractivity contribution in [1.29, 1.82) is 0 Å². The Labute approximate surface area is 125 Å². The van der Waals surface area contributed by atoms with Crippen LogP contribution < -0.4 is 15.6 Å². The van der Waals surface area contributed by atoms with Crippen molar-refractivity contribution in [2.45, 2.75) is 19.4 Å². The molecule has 0 spiro atoms. The van der Waals surface area contributed by atoms with Crippen molar-refractivity contribution in [2.24, 2.45) is 0 Å². The fraction of sp³-hybridized carbons (Fsp3) is 0.294. The third-order valence-corrected chi connectivity index (χ3v) is 3.42. The monoisotopic (exact) mass is 286 g/mol. The summed E-state index contributed by atoms with van der Waals surface area (Å²) < 4.78 is 5.13. The van der Waals surface area contributed by atoms with Crippen LogP contribution in [0.5, 0.6) is 11.5 Å². The molecule has 0 aliphatic rings. The molecule has 1 atom stereocenters. The fourth-order valence-electron chi connectivity index (χ4n) is 2.08. The van der Waals surface area contributed by atoms with Crippen LogP contribution in [0.3, 0.4) is 0 Å². The number of phenolic OH excluding ortho intramolecular Hbond substituents is 1. The molecular weight excluding hydrogens is 264 g/mol. The van der Waals surface area contributed by atoms with Crippen molar-refractivity contribution in [3.8, 4) is 11.5 Å². The highest BCUT2D eigenvalue weighted by molar-refractivity contribution is 5.29. The van der Waals surface area contributed by atoms with Gasteiger partial charge in [0.1, 0.15) is 11.5 Å². The van der Waals surface area contributed by atoms with Gasteiger partial charge < -0.3 is 9.84 Å². The van der Waals surface area contributed by atoms with E-state index < -0.39 is 0 Å². The average Bonchev–Trinajstić information content (AvgIpc) is 2.52. The summed E-state index contributed by atoms with van der Waals surface area (Å²) >= 11 is 0. The summed E-state index contributed by atoms with van der Waals surface area (Å²) in [5.74, 6) is 1.50. The number of rotatable bonds is 7. The maximum absolute atomic E-state index is 9.48. The molecule has 0 unspecified atom stereocenters. The number of nitrogens with one attached hydrogen (secondary N) is 2. The summed E-state index contributed by atoms with van der Waals surface area (Å²) in [7, 11) is 1.66. The van der Waals surface area contributed by atoms with Gasteiger partial charge in [-0.05, 0) is 41.3 Å². The van der Waals surface area contributed by atoms with E-state index in [2.05, 4.69) is 17.8 Å². The largest absolute Gasteiger partial charge is 0.508 e. The molecule has 0 saturated heterocycles. The van der Waals surface area contributed by atoms with Crippen molar-refractivity contribution in [3.63, 3.8) is 0 Å². The van der Waals surface area contributed by atoms with Gasteiger partial charge in [-0.3, -0.25) is 10.9 Å². The Morgan fingerprint density at radius 1 is 1.10 bits per heavy atom. The molecule has 0 bridgehead atoms. The molecule has 0 heterocycles. The predicted molar refractivity (Wildman–Crippen MR) is 84.4 cm³/mol. The van der Waals surface area contributed by atoms with Gasteiger partial charge in [0, 0.05) is 13.1 Å². The second-order valence-corrected chi connectivity index (χ2v) is 5.08. The van der Waals surface area contributed by atoms with Crippen LogP contribution in [0.15, 0.2) is 48.5 Å². The van der Waals surface area contributed by atoms with Crippen molar-refractivity contribution in [3.05, 3.63) is 59.7 Å². The average molecular weight is 286 g/mol. The van der Waals surface area contributed by atoms with Gasteiger partial charge in [-0.2, -0.15) is 0 Å². The minimum absolute atomic E-state index is 0.311. The predicted octanol–water partition coefficient (Wildman–Crippen LogP) is 2.80. The summed E-state index contributed by atoms with van der Waals surface area (Å²) in [4.78, 5) is 0. The molecular formula is C17H22N2O2. The molecule has 0 saturated carbocycles. The van der Waals surface area contributed by atoms with E-state index in [1.165, 1.54) is 5.56 Å². The number of hydrogen-bond acceptors (Lipinski definition) is 4. The van der Waals surface area contributed by atoms with Crippen molar-refractivity contribution >= 4 is 0 Å². The van der Waals surface area contributed by atoms with Crippen LogP contribution in [0.4, 0.5) is 0 Å². The summed E-state index contributed by atoms with van der Waals surface area (Å²) in [6.07, 6.45) is 0. The zero-order chi connectivity index (χ0) is 15.1. The lowest BCUT2D eigenvalue weighted by molar-refractivity contribution is 0.414. The Morgan fingerprint density at radius 2 is 1.86 bits per heavy atom. The molecule has 4 nitrogen and oxygen atoms in total. The van der Waals surface area contributed by atoms with Gasteiger partial charge in [-0.1, -0.05) is 31.2 Å². The number of benzene rings is 2. The van der Waals surface area contributed by atoms with E-state index in [-0.39, 0.29) is 0 Å². The normalized spacial score (nSPS) is 12.1. The second kappa shape index (κ2) is 7.67. The van der Waals surface area contributed by atoms with Crippen LogP contribution in [0.25, 0.3) is 0 Å². The molecule has 2 rings (SSSR count). The number of hydrazine groups is 1. The summed E-state index contributed by atoms with van der Waals surface area (Å²) in [6.45, 7) is 3.66. The number of phenols is 1. The zero-order valence-electron chi connectivity index (χ0n) is 12.5. The van der Waals surface area contributed by atoms with Gasteiger partial charge in [0.2, 0.25) is 0 Å². The standard InChI is InChI=1S/C17H22N2O2/c1-13(15-4-3-5-16(20)10-15)11-18-19-12-14-6-8-17(21-2)9-7-14/h3-10,13,18-20H,11-12H2,1-2H3/t13-/m0/s1. The Bertz CT molecular complexity index is 555. The van der Waals surface area contributed by atoms with Crippen molar-refractivity contribution < 1.29 is 9.84 Å². The first-order valence-electron chi connectivity index (χ1n) is 7.06. The Hall–Kier alpha value is -2.04. The third-order valence-electron chi connectivity index (χ3n) is 3.42. The van der Waals surface area contributed by atoms with Crippen molar-refractivity contribution in [2.75, 3.05) is 13.7 Å².